The Morgan fingerprint density at radius 1 is 1.43 bits per heavy atom. The number of aromatic carboxylic acids is 1. The van der Waals surface area contributed by atoms with Gasteiger partial charge < -0.3 is 15.2 Å². The second kappa shape index (κ2) is 8.37. The van der Waals surface area contributed by atoms with Crippen LogP contribution in [-0.2, 0) is 4.79 Å². The Balaban J connectivity index is 1.85. The first-order chi connectivity index (χ1) is 14.3. The standard InChI is InChI=1S/C21H23N5O4/c1-4-21(12-22)8-10-26(19(21)29)17-7-9-23-20(25-17)24-14-5-6-15(18(27)28)16(11-14)30-13(2)3/h5-7,9,11,13H,4,8,10H2,1-3H3,(H,27,28)(H,23,24,25)/t21-/m1/s1. The molecule has 1 aromatic heterocycles. The van der Waals surface area contributed by atoms with Gasteiger partial charge in [0.1, 0.15) is 22.5 Å². The minimum absolute atomic E-state index is 0.0546. The topological polar surface area (TPSA) is 128 Å². The number of benzene rings is 1. The summed E-state index contributed by atoms with van der Waals surface area (Å²) in [6.45, 7) is 5.86. The number of carboxylic acid groups (broad SMARTS) is 1. The van der Waals surface area contributed by atoms with Crippen LogP contribution < -0.4 is 15.0 Å². The third kappa shape index (κ3) is 4.03. The van der Waals surface area contributed by atoms with Crippen LogP contribution in [0.25, 0.3) is 0 Å². The number of rotatable bonds is 7. The average Bonchev–Trinajstić information content (AvgIpc) is 3.04. The number of nitriles is 1. The first-order valence-corrected chi connectivity index (χ1v) is 9.67. The highest BCUT2D eigenvalue weighted by Gasteiger charge is 2.46. The van der Waals surface area contributed by atoms with Crippen LogP contribution in [0.3, 0.4) is 0 Å². The van der Waals surface area contributed by atoms with Gasteiger partial charge in [-0.3, -0.25) is 9.69 Å². The molecule has 9 heteroatoms. The molecular formula is C21H23N5O4. The molecule has 0 unspecified atom stereocenters. The highest BCUT2D eigenvalue weighted by molar-refractivity contribution is 6.01. The van der Waals surface area contributed by atoms with Crippen molar-refractivity contribution >= 4 is 29.3 Å². The van der Waals surface area contributed by atoms with E-state index in [2.05, 4.69) is 21.4 Å². The van der Waals surface area contributed by atoms with E-state index in [1.807, 2.05) is 20.8 Å². The maximum absolute atomic E-state index is 12.8. The Morgan fingerprint density at radius 3 is 2.80 bits per heavy atom. The minimum atomic E-state index is -1.08. The average molecular weight is 409 g/mol. The zero-order valence-electron chi connectivity index (χ0n) is 17.0. The van der Waals surface area contributed by atoms with Gasteiger partial charge in [-0.25, -0.2) is 9.78 Å². The quantitative estimate of drug-likeness (QED) is 0.712. The van der Waals surface area contributed by atoms with Crippen LogP contribution in [0.15, 0.2) is 30.5 Å². The van der Waals surface area contributed by atoms with Crippen LogP contribution in [0.1, 0.15) is 44.0 Å². The summed E-state index contributed by atoms with van der Waals surface area (Å²) in [6.07, 6.45) is 2.23. The Morgan fingerprint density at radius 2 is 2.20 bits per heavy atom. The number of carbonyl (C=O) groups is 2. The lowest BCUT2D eigenvalue weighted by molar-refractivity contribution is -0.123. The van der Waals surface area contributed by atoms with E-state index in [9.17, 15) is 20.0 Å². The van der Waals surface area contributed by atoms with Crippen LogP contribution in [0, 0.1) is 16.7 Å². The molecule has 1 aromatic carbocycles. The molecule has 1 aliphatic heterocycles. The number of hydrogen-bond acceptors (Lipinski definition) is 7. The molecule has 1 atom stereocenters. The number of carbonyl (C=O) groups excluding carboxylic acids is 1. The number of nitrogens with one attached hydrogen (secondary N) is 1. The van der Waals surface area contributed by atoms with E-state index in [0.29, 0.717) is 30.9 Å². The predicted octanol–water partition coefficient (Wildman–Crippen LogP) is 3.36. The fourth-order valence-corrected chi connectivity index (χ4v) is 3.32. The zero-order chi connectivity index (χ0) is 21.9. The van der Waals surface area contributed by atoms with Crippen molar-refractivity contribution in [2.45, 2.75) is 39.7 Å². The second-order valence-electron chi connectivity index (χ2n) is 7.30. The molecule has 0 aliphatic carbocycles. The smallest absolute Gasteiger partial charge is 0.339 e. The van der Waals surface area contributed by atoms with Gasteiger partial charge in [0.2, 0.25) is 11.9 Å². The first kappa shape index (κ1) is 21.0. The molecule has 0 radical (unpaired) electrons. The maximum Gasteiger partial charge on any atom is 0.339 e. The highest BCUT2D eigenvalue weighted by atomic mass is 16.5. The van der Waals surface area contributed by atoms with E-state index in [4.69, 9.17) is 4.74 Å². The van der Waals surface area contributed by atoms with Crippen molar-refractivity contribution in [3.63, 3.8) is 0 Å². The van der Waals surface area contributed by atoms with Crippen molar-refractivity contribution in [3.05, 3.63) is 36.0 Å². The maximum atomic E-state index is 12.8. The highest BCUT2D eigenvalue weighted by Crippen LogP contribution is 2.36. The van der Waals surface area contributed by atoms with Gasteiger partial charge in [-0.1, -0.05) is 6.92 Å². The van der Waals surface area contributed by atoms with Gasteiger partial charge in [0.25, 0.3) is 0 Å². The lowest BCUT2D eigenvalue weighted by Crippen LogP contribution is -2.33. The molecule has 156 valence electrons. The van der Waals surface area contributed by atoms with Crippen LogP contribution in [0.2, 0.25) is 0 Å². The van der Waals surface area contributed by atoms with E-state index < -0.39 is 11.4 Å². The van der Waals surface area contributed by atoms with Crippen molar-refractivity contribution in [1.82, 2.24) is 9.97 Å². The minimum Gasteiger partial charge on any atom is -0.490 e. The molecule has 1 aliphatic rings. The molecule has 2 N–H and O–H groups in total. The normalized spacial score (nSPS) is 18.4. The van der Waals surface area contributed by atoms with Crippen LogP contribution in [-0.4, -0.2) is 39.6 Å². The Kier molecular flexibility index (Phi) is 5.87. The summed E-state index contributed by atoms with van der Waals surface area (Å²) in [5.41, 5.74) is -0.409. The lowest BCUT2D eigenvalue weighted by Gasteiger charge is -2.19. The summed E-state index contributed by atoms with van der Waals surface area (Å²) in [5, 5.41) is 21.8. The number of amides is 1. The number of ether oxygens (including phenoxy) is 1. The van der Waals surface area contributed by atoms with Crippen LogP contribution >= 0.6 is 0 Å². The van der Waals surface area contributed by atoms with Crippen molar-refractivity contribution in [2.24, 2.45) is 5.41 Å². The van der Waals surface area contributed by atoms with Crippen molar-refractivity contribution < 1.29 is 19.4 Å². The molecule has 1 fully saturated rings. The van der Waals surface area contributed by atoms with Gasteiger partial charge in [-0.05, 0) is 44.9 Å². The number of carboxylic acids is 1. The van der Waals surface area contributed by atoms with E-state index in [0.717, 1.165) is 0 Å². The van der Waals surface area contributed by atoms with Gasteiger partial charge >= 0.3 is 5.97 Å². The Labute approximate surface area is 174 Å². The zero-order valence-corrected chi connectivity index (χ0v) is 17.0. The van der Waals surface area contributed by atoms with E-state index in [1.54, 1.807) is 18.2 Å². The first-order valence-electron chi connectivity index (χ1n) is 9.67. The third-order valence-electron chi connectivity index (χ3n) is 4.98. The summed E-state index contributed by atoms with van der Waals surface area (Å²) in [5.74, 6) is -0.459. The summed E-state index contributed by atoms with van der Waals surface area (Å²) < 4.78 is 5.61. The lowest BCUT2D eigenvalue weighted by atomic mass is 9.85. The molecule has 2 heterocycles. The molecule has 1 amide bonds. The monoisotopic (exact) mass is 409 g/mol. The molecular weight excluding hydrogens is 386 g/mol. The number of hydrogen-bond donors (Lipinski definition) is 2. The number of aromatic nitrogens is 2. The van der Waals surface area contributed by atoms with Crippen LogP contribution in [0.5, 0.6) is 5.75 Å². The van der Waals surface area contributed by atoms with Crippen molar-refractivity contribution in [3.8, 4) is 11.8 Å². The number of nitrogens with zero attached hydrogens (tertiary/aromatic N) is 4. The molecule has 9 nitrogen and oxygen atoms in total. The summed E-state index contributed by atoms with van der Waals surface area (Å²) in [6, 6.07) is 8.37. The van der Waals surface area contributed by atoms with Gasteiger partial charge in [-0.15, -0.1) is 0 Å². The third-order valence-corrected chi connectivity index (χ3v) is 4.98. The number of anilines is 3. The second-order valence-corrected chi connectivity index (χ2v) is 7.30. The molecule has 3 rings (SSSR count). The molecule has 0 bridgehead atoms. The van der Waals surface area contributed by atoms with E-state index in [1.165, 1.54) is 17.2 Å². The van der Waals surface area contributed by atoms with Gasteiger partial charge in [0.05, 0.1) is 12.2 Å². The Bertz CT molecular complexity index is 1020. The largest absolute Gasteiger partial charge is 0.490 e. The Hall–Kier alpha value is -3.67. The summed E-state index contributed by atoms with van der Waals surface area (Å²) in [7, 11) is 0. The predicted molar refractivity (Wildman–Crippen MR) is 110 cm³/mol. The van der Waals surface area contributed by atoms with E-state index >= 15 is 0 Å². The van der Waals surface area contributed by atoms with Crippen LogP contribution in [0.4, 0.5) is 17.5 Å². The molecule has 1 saturated heterocycles. The molecule has 30 heavy (non-hydrogen) atoms. The van der Waals surface area contributed by atoms with Gasteiger partial charge in [0, 0.05) is 24.5 Å². The molecule has 2 aromatic rings. The van der Waals surface area contributed by atoms with E-state index in [-0.39, 0.29) is 29.3 Å². The summed E-state index contributed by atoms with van der Waals surface area (Å²) in [4.78, 5) is 34.2. The fourth-order valence-electron chi connectivity index (χ4n) is 3.32. The molecule has 0 spiro atoms. The SMILES string of the molecule is CC[C@]1(C#N)CCN(c2ccnc(Nc3ccc(C(=O)O)c(OC(C)C)c3)n2)C1=O. The fraction of sp³-hybridized carbons (Fsp3) is 0.381. The van der Waals surface area contributed by atoms with Gasteiger partial charge in [0.15, 0.2) is 0 Å². The van der Waals surface area contributed by atoms with Crippen molar-refractivity contribution in [1.29, 1.82) is 5.26 Å². The van der Waals surface area contributed by atoms with Gasteiger partial charge in [-0.2, -0.15) is 10.2 Å². The summed E-state index contributed by atoms with van der Waals surface area (Å²) >= 11 is 0. The van der Waals surface area contributed by atoms with Crippen molar-refractivity contribution in [2.75, 3.05) is 16.8 Å². The molecule has 0 saturated carbocycles.